The van der Waals surface area contributed by atoms with Gasteiger partial charge in [-0.25, -0.2) is 9.78 Å². The summed E-state index contributed by atoms with van der Waals surface area (Å²) in [5.74, 6) is 0.963. The summed E-state index contributed by atoms with van der Waals surface area (Å²) in [6.07, 6.45) is 0. The Labute approximate surface area is 189 Å². The van der Waals surface area contributed by atoms with Crippen LogP contribution in [-0.2, 0) is 22.6 Å². The van der Waals surface area contributed by atoms with Gasteiger partial charge in [0.25, 0.3) is 5.56 Å². The first-order valence-corrected chi connectivity index (χ1v) is 11.3. The minimum absolute atomic E-state index is 0.167. The van der Waals surface area contributed by atoms with Crippen molar-refractivity contribution in [3.05, 3.63) is 44.1 Å². The highest BCUT2D eigenvalue weighted by molar-refractivity contribution is 7.20. The molecule has 0 atom stereocenters. The number of piperazine rings is 1. The van der Waals surface area contributed by atoms with E-state index in [4.69, 9.17) is 14.0 Å². The number of aromatic amines is 1. The van der Waals surface area contributed by atoms with Crippen molar-refractivity contribution in [3.63, 3.8) is 0 Å². The van der Waals surface area contributed by atoms with E-state index in [1.165, 1.54) is 11.3 Å². The largest absolute Gasteiger partial charge is 0.459 e. The summed E-state index contributed by atoms with van der Waals surface area (Å²) in [4.78, 5) is 38.1. The molecule has 11 heteroatoms. The lowest BCUT2D eigenvalue weighted by Gasteiger charge is -2.33. The number of fused-ring (bicyclic) bond motifs is 1. The first-order chi connectivity index (χ1) is 15.4. The number of carbonyl (C=O) groups excluding carboxylic acids is 1. The normalized spacial score (nSPS) is 15.5. The topological polar surface area (TPSA) is 114 Å². The van der Waals surface area contributed by atoms with E-state index in [0.717, 1.165) is 44.2 Å². The number of ether oxygens (including phenoxy) is 2. The van der Waals surface area contributed by atoms with Crippen LogP contribution in [-0.4, -0.2) is 77.4 Å². The number of esters is 1. The zero-order valence-electron chi connectivity index (χ0n) is 18.5. The molecule has 4 rings (SSSR count). The number of hydrogen-bond acceptors (Lipinski definition) is 10. The molecule has 0 radical (unpaired) electrons. The highest BCUT2D eigenvalue weighted by Crippen LogP contribution is 2.27. The van der Waals surface area contributed by atoms with Crippen LogP contribution in [0.1, 0.15) is 32.5 Å². The lowest BCUT2D eigenvalue weighted by molar-refractivity contribution is 0.0393. The van der Waals surface area contributed by atoms with Gasteiger partial charge in [-0.2, -0.15) is 0 Å². The summed E-state index contributed by atoms with van der Waals surface area (Å²) in [5, 5.41) is 4.51. The average molecular weight is 462 g/mol. The second-order valence-corrected chi connectivity index (χ2v) is 8.86. The Morgan fingerprint density at radius 2 is 1.91 bits per heavy atom. The summed E-state index contributed by atoms with van der Waals surface area (Å²) in [6, 6.07) is 1.96. The number of aromatic nitrogens is 3. The van der Waals surface area contributed by atoms with Crippen molar-refractivity contribution in [2.24, 2.45) is 0 Å². The van der Waals surface area contributed by atoms with Gasteiger partial charge in [0, 0.05) is 45.9 Å². The van der Waals surface area contributed by atoms with Crippen LogP contribution in [0.15, 0.2) is 15.4 Å². The predicted octanol–water partition coefficient (Wildman–Crippen LogP) is 1.71. The number of nitrogens with one attached hydrogen (secondary N) is 1. The highest BCUT2D eigenvalue weighted by Gasteiger charge is 2.22. The molecule has 0 aromatic carbocycles. The molecular formula is C21H27N5O5S. The van der Waals surface area contributed by atoms with Crippen molar-refractivity contribution < 1.29 is 18.8 Å². The summed E-state index contributed by atoms with van der Waals surface area (Å²) < 4.78 is 15.3. The number of carbonyl (C=O) groups is 1. The first kappa shape index (κ1) is 22.6. The smallest absolute Gasteiger partial charge is 0.348 e. The van der Waals surface area contributed by atoms with E-state index in [9.17, 15) is 9.59 Å². The maximum absolute atomic E-state index is 12.7. The third-order valence-electron chi connectivity index (χ3n) is 5.46. The Hall–Kier alpha value is -2.60. The van der Waals surface area contributed by atoms with Crippen LogP contribution in [0.3, 0.4) is 0 Å². The van der Waals surface area contributed by atoms with Gasteiger partial charge in [-0.1, -0.05) is 5.16 Å². The standard InChI is InChI=1S/C21H27N5O5S/c1-13-10-15(24-31-13)11-25-4-6-26(7-5-25)12-16-22-19(27)17-14(2)18(32-20(17)23-16)21(28)30-9-8-29-3/h10H,4-9,11-12H2,1-3H3,(H,22,23,27). The molecule has 0 unspecified atom stereocenters. The summed E-state index contributed by atoms with van der Waals surface area (Å²) in [7, 11) is 1.54. The van der Waals surface area contributed by atoms with Crippen LogP contribution in [0, 0.1) is 13.8 Å². The summed E-state index contributed by atoms with van der Waals surface area (Å²) in [6.45, 7) is 8.96. The first-order valence-electron chi connectivity index (χ1n) is 10.5. The third-order valence-corrected chi connectivity index (χ3v) is 6.62. The Balaban J connectivity index is 1.40. The van der Waals surface area contributed by atoms with Gasteiger partial charge in [0.1, 0.15) is 27.9 Å². The molecule has 1 N–H and O–H groups in total. The number of aryl methyl sites for hydroxylation is 2. The van der Waals surface area contributed by atoms with E-state index in [2.05, 4.69) is 24.9 Å². The van der Waals surface area contributed by atoms with Crippen LogP contribution in [0.25, 0.3) is 10.2 Å². The molecule has 0 spiro atoms. The number of thiophene rings is 1. The Morgan fingerprint density at radius 3 is 2.56 bits per heavy atom. The van der Waals surface area contributed by atoms with Crippen molar-refractivity contribution in [2.75, 3.05) is 46.5 Å². The maximum atomic E-state index is 12.7. The molecule has 0 saturated carbocycles. The second kappa shape index (κ2) is 9.90. The van der Waals surface area contributed by atoms with Crippen LogP contribution in [0.4, 0.5) is 0 Å². The molecule has 1 saturated heterocycles. The molecule has 1 aliphatic rings. The van der Waals surface area contributed by atoms with Gasteiger partial charge < -0.3 is 19.0 Å². The van der Waals surface area contributed by atoms with Crippen molar-refractivity contribution in [2.45, 2.75) is 26.9 Å². The molecule has 1 fully saturated rings. The fourth-order valence-corrected chi connectivity index (χ4v) is 4.87. The lowest BCUT2D eigenvalue weighted by atomic mass is 10.2. The fourth-order valence-electron chi connectivity index (χ4n) is 3.78. The van der Waals surface area contributed by atoms with E-state index in [1.54, 1.807) is 14.0 Å². The molecule has 4 heterocycles. The zero-order chi connectivity index (χ0) is 22.7. The van der Waals surface area contributed by atoms with Crippen LogP contribution >= 0.6 is 11.3 Å². The van der Waals surface area contributed by atoms with Gasteiger partial charge in [-0.05, 0) is 19.4 Å². The van der Waals surface area contributed by atoms with Gasteiger partial charge in [-0.15, -0.1) is 11.3 Å². The van der Waals surface area contributed by atoms with Crippen molar-refractivity contribution in [1.29, 1.82) is 0 Å². The molecule has 1 aliphatic heterocycles. The van der Waals surface area contributed by atoms with Crippen LogP contribution < -0.4 is 5.56 Å². The molecule has 3 aromatic heterocycles. The van der Waals surface area contributed by atoms with E-state index < -0.39 is 5.97 Å². The number of nitrogens with zero attached hydrogens (tertiary/aromatic N) is 4. The third kappa shape index (κ3) is 5.07. The van der Waals surface area contributed by atoms with E-state index in [1.807, 2.05) is 13.0 Å². The highest BCUT2D eigenvalue weighted by atomic mass is 32.1. The van der Waals surface area contributed by atoms with E-state index in [-0.39, 0.29) is 12.2 Å². The van der Waals surface area contributed by atoms with Gasteiger partial charge >= 0.3 is 5.97 Å². The van der Waals surface area contributed by atoms with E-state index >= 15 is 0 Å². The van der Waals surface area contributed by atoms with Gasteiger partial charge in [0.2, 0.25) is 0 Å². The van der Waals surface area contributed by atoms with Gasteiger partial charge in [0.15, 0.2) is 0 Å². The number of methoxy groups -OCH3 is 1. The van der Waals surface area contributed by atoms with Crippen molar-refractivity contribution in [3.8, 4) is 0 Å². The van der Waals surface area contributed by atoms with E-state index in [0.29, 0.717) is 39.6 Å². The number of H-pyrrole nitrogens is 1. The van der Waals surface area contributed by atoms with Crippen LogP contribution in [0.2, 0.25) is 0 Å². The van der Waals surface area contributed by atoms with Crippen LogP contribution in [0.5, 0.6) is 0 Å². The summed E-state index contributed by atoms with van der Waals surface area (Å²) >= 11 is 1.19. The molecule has 0 aliphatic carbocycles. The number of hydrogen-bond donors (Lipinski definition) is 1. The zero-order valence-corrected chi connectivity index (χ0v) is 19.3. The number of rotatable bonds is 8. The SMILES string of the molecule is COCCOC(=O)c1sc2nc(CN3CCN(Cc4cc(C)on4)CC3)[nH]c(=O)c2c1C. The lowest BCUT2D eigenvalue weighted by Crippen LogP contribution is -2.45. The molecule has 10 nitrogen and oxygen atoms in total. The van der Waals surface area contributed by atoms with Crippen molar-refractivity contribution >= 4 is 27.5 Å². The average Bonchev–Trinajstić information content (AvgIpc) is 3.32. The summed E-state index contributed by atoms with van der Waals surface area (Å²) in [5.41, 5.74) is 1.32. The monoisotopic (exact) mass is 461 g/mol. The predicted molar refractivity (Wildman–Crippen MR) is 119 cm³/mol. The Bertz CT molecular complexity index is 1150. The Kier molecular flexibility index (Phi) is 6.99. The molecule has 172 valence electrons. The van der Waals surface area contributed by atoms with Gasteiger partial charge in [0.05, 0.1) is 24.2 Å². The fraction of sp³-hybridized carbons (Fsp3) is 0.524. The van der Waals surface area contributed by atoms with Gasteiger partial charge in [-0.3, -0.25) is 14.6 Å². The Morgan fingerprint density at radius 1 is 1.19 bits per heavy atom. The molecule has 0 bridgehead atoms. The molecule has 0 amide bonds. The molecule has 32 heavy (non-hydrogen) atoms. The maximum Gasteiger partial charge on any atom is 0.348 e. The minimum Gasteiger partial charge on any atom is -0.459 e. The van der Waals surface area contributed by atoms with Crippen molar-refractivity contribution in [1.82, 2.24) is 24.9 Å². The second-order valence-electron chi connectivity index (χ2n) is 7.86. The molecular weight excluding hydrogens is 434 g/mol. The quantitative estimate of drug-likeness (QED) is 0.395. The molecule has 3 aromatic rings. The minimum atomic E-state index is -0.457.